The van der Waals surface area contributed by atoms with Gasteiger partial charge in [0.1, 0.15) is 0 Å². The van der Waals surface area contributed by atoms with E-state index in [-0.39, 0.29) is 0 Å². The van der Waals surface area contributed by atoms with Crippen LogP contribution in [0, 0.1) is 0 Å². The highest BCUT2D eigenvalue weighted by molar-refractivity contribution is 5.87. The minimum atomic E-state index is 0.617. The molecule has 0 aliphatic carbocycles. The molecule has 9 aromatic rings. The molecule has 9 rings (SSSR count). The van der Waals surface area contributed by atoms with Crippen molar-refractivity contribution in [2.45, 2.75) is 0 Å². The third-order valence-electron chi connectivity index (χ3n) is 9.78. The second-order valence-electron chi connectivity index (χ2n) is 13.2. The van der Waals surface area contributed by atoms with E-state index < -0.39 is 0 Å². The van der Waals surface area contributed by atoms with Crippen LogP contribution in [-0.4, -0.2) is 15.0 Å². The van der Waals surface area contributed by atoms with E-state index in [1.54, 1.807) is 0 Å². The fraction of sp³-hybridized carbons (Fsp3) is 0. The van der Waals surface area contributed by atoms with Crippen LogP contribution in [0.25, 0.3) is 89.8 Å². The summed E-state index contributed by atoms with van der Waals surface area (Å²) in [6.07, 6.45) is 0. The summed E-state index contributed by atoms with van der Waals surface area (Å²) in [5.41, 5.74) is 14.1. The molecule has 1 heterocycles. The minimum Gasteiger partial charge on any atom is -0.208 e. The average molecular weight is 690 g/mol. The Labute approximate surface area is 316 Å². The van der Waals surface area contributed by atoms with Crippen molar-refractivity contribution in [2.24, 2.45) is 0 Å². The van der Waals surface area contributed by atoms with Gasteiger partial charge in [-0.25, -0.2) is 15.0 Å². The Balaban J connectivity index is 1.22. The zero-order valence-corrected chi connectivity index (χ0v) is 29.5. The van der Waals surface area contributed by atoms with Gasteiger partial charge >= 0.3 is 0 Å². The molecule has 254 valence electrons. The molecule has 0 aliphatic rings. The summed E-state index contributed by atoms with van der Waals surface area (Å²) in [7, 11) is 0. The Morgan fingerprint density at radius 2 is 0.537 bits per heavy atom. The molecule has 0 fully saturated rings. The summed E-state index contributed by atoms with van der Waals surface area (Å²) in [5.74, 6) is 1.86. The Hall–Kier alpha value is -7.23. The molecule has 3 heteroatoms. The molecule has 1 aromatic heterocycles. The summed E-state index contributed by atoms with van der Waals surface area (Å²) in [6.45, 7) is 0. The van der Waals surface area contributed by atoms with Crippen molar-refractivity contribution in [3.8, 4) is 89.8 Å². The van der Waals surface area contributed by atoms with Gasteiger partial charge < -0.3 is 0 Å². The van der Waals surface area contributed by atoms with Crippen molar-refractivity contribution < 1.29 is 0 Å². The van der Waals surface area contributed by atoms with E-state index >= 15 is 0 Å². The van der Waals surface area contributed by atoms with Crippen LogP contribution in [0.5, 0.6) is 0 Å². The third-order valence-corrected chi connectivity index (χ3v) is 9.78. The van der Waals surface area contributed by atoms with Crippen LogP contribution >= 0.6 is 0 Å². The number of nitrogens with zero attached hydrogens (tertiary/aromatic N) is 3. The maximum absolute atomic E-state index is 5.25. The number of hydrogen-bond acceptors (Lipinski definition) is 3. The molecule has 0 unspecified atom stereocenters. The highest BCUT2D eigenvalue weighted by Crippen LogP contribution is 2.38. The van der Waals surface area contributed by atoms with Crippen LogP contribution in [0.15, 0.2) is 212 Å². The Morgan fingerprint density at radius 1 is 0.185 bits per heavy atom. The van der Waals surface area contributed by atoms with Gasteiger partial charge in [0.15, 0.2) is 17.5 Å². The normalized spacial score (nSPS) is 11.0. The predicted octanol–water partition coefficient (Wildman–Crippen LogP) is 13.2. The maximum Gasteiger partial charge on any atom is 0.164 e. The second kappa shape index (κ2) is 14.8. The largest absolute Gasteiger partial charge is 0.208 e. The van der Waals surface area contributed by atoms with E-state index in [4.69, 9.17) is 15.0 Å². The fourth-order valence-electron chi connectivity index (χ4n) is 7.04. The summed E-state index contributed by atoms with van der Waals surface area (Å²) in [6, 6.07) is 74.0. The molecule has 0 N–H and O–H groups in total. The van der Waals surface area contributed by atoms with Crippen LogP contribution in [0.4, 0.5) is 0 Å². The van der Waals surface area contributed by atoms with Crippen molar-refractivity contribution >= 4 is 0 Å². The van der Waals surface area contributed by atoms with Gasteiger partial charge in [0.25, 0.3) is 0 Å². The first-order valence-electron chi connectivity index (χ1n) is 18.2. The first kappa shape index (κ1) is 32.7. The Bertz CT molecular complexity index is 2670. The van der Waals surface area contributed by atoms with Crippen molar-refractivity contribution in [1.29, 1.82) is 0 Å². The number of rotatable bonds is 8. The standard InChI is InChI=1S/C51H35N3/c1-5-16-36(17-6-1)38-28-30-41(31-29-38)45-26-13-14-27-47(45)51-53-49(43-25-15-24-42(34-43)37-18-7-2-8-19-37)52-50(54-51)44-32-33-46(39-20-9-3-10-21-39)48(35-44)40-22-11-4-12-23-40/h1-35H. The lowest BCUT2D eigenvalue weighted by Crippen LogP contribution is -2.01. The number of aromatic nitrogens is 3. The van der Waals surface area contributed by atoms with E-state index in [0.29, 0.717) is 17.5 Å². The van der Waals surface area contributed by atoms with Gasteiger partial charge in [-0.15, -0.1) is 0 Å². The molecule has 3 nitrogen and oxygen atoms in total. The van der Waals surface area contributed by atoms with E-state index in [0.717, 1.165) is 61.2 Å². The molecule has 0 spiro atoms. The van der Waals surface area contributed by atoms with Gasteiger partial charge in [0, 0.05) is 16.7 Å². The van der Waals surface area contributed by atoms with E-state index in [1.165, 1.54) is 11.1 Å². The SMILES string of the molecule is c1ccc(-c2ccc(-c3ccccc3-c3nc(-c4cccc(-c5ccccc5)c4)nc(-c4ccc(-c5ccccc5)c(-c5ccccc5)c4)n3)cc2)cc1. The number of benzene rings is 8. The predicted molar refractivity (Wildman–Crippen MR) is 223 cm³/mol. The third kappa shape index (κ3) is 6.74. The van der Waals surface area contributed by atoms with E-state index in [2.05, 4.69) is 200 Å². The molecular formula is C51H35N3. The van der Waals surface area contributed by atoms with Crippen molar-refractivity contribution in [3.63, 3.8) is 0 Å². The van der Waals surface area contributed by atoms with Crippen LogP contribution in [0.2, 0.25) is 0 Å². The zero-order valence-electron chi connectivity index (χ0n) is 29.5. The van der Waals surface area contributed by atoms with Gasteiger partial charge in [-0.1, -0.05) is 200 Å². The second-order valence-corrected chi connectivity index (χ2v) is 13.2. The maximum atomic E-state index is 5.25. The van der Waals surface area contributed by atoms with Gasteiger partial charge in [0.2, 0.25) is 0 Å². The van der Waals surface area contributed by atoms with Crippen LogP contribution in [0.1, 0.15) is 0 Å². The fourth-order valence-corrected chi connectivity index (χ4v) is 7.04. The highest BCUT2D eigenvalue weighted by atomic mass is 15.0. The summed E-state index contributed by atoms with van der Waals surface area (Å²) >= 11 is 0. The summed E-state index contributed by atoms with van der Waals surface area (Å²) in [4.78, 5) is 15.7. The lowest BCUT2D eigenvalue weighted by Gasteiger charge is -2.15. The van der Waals surface area contributed by atoms with Crippen LogP contribution in [0.3, 0.4) is 0 Å². The van der Waals surface area contributed by atoms with Crippen LogP contribution in [-0.2, 0) is 0 Å². The first-order valence-corrected chi connectivity index (χ1v) is 18.2. The van der Waals surface area contributed by atoms with Crippen molar-refractivity contribution in [2.75, 3.05) is 0 Å². The van der Waals surface area contributed by atoms with Gasteiger partial charge in [-0.2, -0.15) is 0 Å². The minimum absolute atomic E-state index is 0.617. The Kier molecular flexibility index (Phi) is 8.94. The van der Waals surface area contributed by atoms with Gasteiger partial charge in [-0.05, 0) is 67.8 Å². The molecule has 0 atom stereocenters. The lowest BCUT2D eigenvalue weighted by molar-refractivity contribution is 1.07. The van der Waals surface area contributed by atoms with Crippen LogP contribution < -0.4 is 0 Å². The van der Waals surface area contributed by atoms with E-state index in [9.17, 15) is 0 Å². The number of hydrogen-bond donors (Lipinski definition) is 0. The van der Waals surface area contributed by atoms with Gasteiger partial charge in [0.05, 0.1) is 0 Å². The first-order chi connectivity index (χ1) is 26.8. The molecule has 0 bridgehead atoms. The molecule has 0 amide bonds. The molecule has 0 radical (unpaired) electrons. The monoisotopic (exact) mass is 689 g/mol. The molecular weight excluding hydrogens is 655 g/mol. The molecule has 0 saturated carbocycles. The Morgan fingerprint density at radius 3 is 1.15 bits per heavy atom. The summed E-state index contributed by atoms with van der Waals surface area (Å²) < 4.78 is 0. The summed E-state index contributed by atoms with van der Waals surface area (Å²) in [5, 5.41) is 0. The molecule has 0 saturated heterocycles. The highest BCUT2D eigenvalue weighted by Gasteiger charge is 2.18. The smallest absolute Gasteiger partial charge is 0.164 e. The topological polar surface area (TPSA) is 38.7 Å². The quantitative estimate of drug-likeness (QED) is 0.159. The average Bonchev–Trinajstić information content (AvgIpc) is 3.27. The molecule has 54 heavy (non-hydrogen) atoms. The van der Waals surface area contributed by atoms with E-state index in [1.807, 2.05) is 12.1 Å². The van der Waals surface area contributed by atoms with Crippen molar-refractivity contribution in [1.82, 2.24) is 15.0 Å². The zero-order chi connectivity index (χ0) is 36.1. The molecule has 0 aliphatic heterocycles. The molecule has 8 aromatic carbocycles. The van der Waals surface area contributed by atoms with Crippen molar-refractivity contribution in [3.05, 3.63) is 212 Å². The van der Waals surface area contributed by atoms with Gasteiger partial charge in [-0.3, -0.25) is 0 Å². The lowest BCUT2D eigenvalue weighted by atomic mass is 9.92.